The second-order valence-corrected chi connectivity index (χ2v) is 10.5. The largest absolute Gasteiger partial charge is 0.407 e. The van der Waals surface area contributed by atoms with E-state index in [1.165, 1.54) is 0 Å². The Balaban J connectivity index is 1.84. The Hall–Kier alpha value is -2.23. The average Bonchev–Trinajstić information content (AvgIpc) is 3.51. The lowest BCUT2D eigenvalue weighted by Crippen LogP contribution is -2.55. The topological polar surface area (TPSA) is 111 Å². The van der Waals surface area contributed by atoms with Gasteiger partial charge in [-0.25, -0.2) is 17.5 Å². The van der Waals surface area contributed by atoms with Gasteiger partial charge in [0.1, 0.15) is 23.4 Å². The molecule has 0 saturated heterocycles. The van der Waals surface area contributed by atoms with Gasteiger partial charge in [0.05, 0.1) is 11.8 Å². The second-order valence-electron chi connectivity index (χ2n) is 8.66. The number of benzene rings is 1. The fourth-order valence-corrected chi connectivity index (χ4v) is 5.42. The van der Waals surface area contributed by atoms with Crippen LogP contribution in [0.3, 0.4) is 0 Å². The Morgan fingerprint density at radius 2 is 1.76 bits per heavy atom. The number of nitrogens with one attached hydrogen (secondary N) is 3. The number of carbonyl (C=O) groups is 1. The summed E-state index contributed by atoms with van der Waals surface area (Å²) in [5.74, 6) is -2.69. The summed E-state index contributed by atoms with van der Waals surface area (Å²) in [7, 11) is -4.13. The van der Waals surface area contributed by atoms with Crippen LogP contribution in [0.5, 0.6) is 0 Å². The molecule has 12 heteroatoms. The van der Waals surface area contributed by atoms with Gasteiger partial charge in [0.15, 0.2) is 0 Å². The van der Waals surface area contributed by atoms with E-state index in [0.717, 1.165) is 43.5 Å². The molecule has 1 unspecified atom stereocenters. The highest BCUT2D eigenvalue weighted by molar-refractivity contribution is 7.89. The molecule has 2 aliphatic rings. The molecule has 0 radical (unpaired) electrons. The van der Waals surface area contributed by atoms with Gasteiger partial charge >= 0.3 is 6.18 Å². The van der Waals surface area contributed by atoms with Crippen LogP contribution < -0.4 is 15.4 Å². The number of rotatable bonds is 9. The van der Waals surface area contributed by atoms with Crippen molar-refractivity contribution in [3.63, 3.8) is 0 Å². The molecule has 1 aromatic carbocycles. The Morgan fingerprint density at radius 3 is 2.27 bits per heavy atom. The van der Waals surface area contributed by atoms with Crippen LogP contribution >= 0.6 is 0 Å². The highest BCUT2D eigenvalue weighted by Gasteiger charge is 2.48. The lowest BCUT2D eigenvalue weighted by atomic mass is 9.96. The molecule has 1 amide bonds. The summed E-state index contributed by atoms with van der Waals surface area (Å²) in [6, 6.07) is 0.879. The number of hydrogen-bond acceptors (Lipinski definition) is 5. The summed E-state index contributed by atoms with van der Waals surface area (Å²) in [5, 5.41) is 13.7. The molecule has 182 valence electrons. The minimum absolute atomic E-state index is 0.329. The molecule has 2 saturated carbocycles. The maximum atomic E-state index is 13.8. The van der Waals surface area contributed by atoms with Gasteiger partial charge in [-0.05, 0) is 43.4 Å². The number of alkyl halides is 3. The number of nitrogens with zero attached hydrogens (tertiary/aromatic N) is 1. The SMILES string of the molecule is N#CC1(NC(=O)C(CS(=O)(=O)NC2CCCCC2)N[C@H](c2ccc(F)cc2)C(F)(F)F)CC1. The Kier molecular flexibility index (Phi) is 7.65. The fourth-order valence-electron chi connectivity index (χ4n) is 3.89. The van der Waals surface area contributed by atoms with Gasteiger partial charge in [0.2, 0.25) is 15.9 Å². The van der Waals surface area contributed by atoms with Crippen LogP contribution in [0.2, 0.25) is 0 Å². The molecule has 0 aliphatic heterocycles. The summed E-state index contributed by atoms with van der Waals surface area (Å²) in [6.45, 7) is 0. The number of carbonyl (C=O) groups excluding carboxylic acids is 1. The maximum Gasteiger partial charge on any atom is 0.407 e. The van der Waals surface area contributed by atoms with Gasteiger partial charge in [-0.1, -0.05) is 31.4 Å². The summed E-state index contributed by atoms with van der Waals surface area (Å²) in [6.07, 6.45) is -0.369. The van der Waals surface area contributed by atoms with E-state index in [-0.39, 0.29) is 11.6 Å². The van der Waals surface area contributed by atoms with Crippen molar-refractivity contribution in [1.82, 2.24) is 15.4 Å². The van der Waals surface area contributed by atoms with Crippen molar-refractivity contribution in [1.29, 1.82) is 5.26 Å². The summed E-state index contributed by atoms with van der Waals surface area (Å²) in [5.41, 5.74) is -1.57. The molecule has 33 heavy (non-hydrogen) atoms. The van der Waals surface area contributed by atoms with E-state index in [1.54, 1.807) is 0 Å². The van der Waals surface area contributed by atoms with E-state index in [2.05, 4.69) is 15.4 Å². The second kappa shape index (κ2) is 9.95. The molecule has 2 fully saturated rings. The van der Waals surface area contributed by atoms with Gasteiger partial charge in [-0.3, -0.25) is 10.1 Å². The Morgan fingerprint density at radius 1 is 1.15 bits per heavy atom. The van der Waals surface area contributed by atoms with Gasteiger partial charge in [-0.15, -0.1) is 0 Å². The van der Waals surface area contributed by atoms with Crippen LogP contribution in [-0.4, -0.2) is 43.9 Å². The van der Waals surface area contributed by atoms with Crippen LogP contribution in [0.4, 0.5) is 17.6 Å². The number of nitriles is 1. The van der Waals surface area contributed by atoms with Crippen molar-refractivity contribution >= 4 is 15.9 Å². The van der Waals surface area contributed by atoms with Crippen molar-refractivity contribution in [2.45, 2.75) is 74.8 Å². The zero-order chi connectivity index (χ0) is 24.3. The minimum Gasteiger partial charge on any atom is -0.336 e. The number of hydrogen-bond donors (Lipinski definition) is 3. The van der Waals surface area contributed by atoms with Gasteiger partial charge in [0.25, 0.3) is 0 Å². The van der Waals surface area contributed by atoms with Crippen LogP contribution in [0.15, 0.2) is 24.3 Å². The van der Waals surface area contributed by atoms with Gasteiger partial charge in [-0.2, -0.15) is 18.4 Å². The lowest BCUT2D eigenvalue weighted by Gasteiger charge is -2.29. The molecular weight excluding hydrogens is 464 g/mol. The third kappa shape index (κ3) is 7.12. The summed E-state index contributed by atoms with van der Waals surface area (Å²) in [4.78, 5) is 12.8. The molecule has 0 aromatic heterocycles. The third-order valence-corrected chi connectivity index (χ3v) is 7.34. The van der Waals surface area contributed by atoms with E-state index in [9.17, 15) is 36.0 Å². The van der Waals surface area contributed by atoms with Crippen LogP contribution in [0.25, 0.3) is 0 Å². The zero-order valence-electron chi connectivity index (χ0n) is 17.8. The van der Waals surface area contributed by atoms with E-state index in [4.69, 9.17) is 0 Å². The predicted octanol–water partition coefficient (Wildman–Crippen LogP) is 2.81. The van der Waals surface area contributed by atoms with Crippen LogP contribution in [0, 0.1) is 17.1 Å². The first kappa shape index (κ1) is 25.4. The first-order chi connectivity index (χ1) is 15.4. The van der Waals surface area contributed by atoms with E-state index < -0.39 is 51.3 Å². The molecule has 1 aromatic rings. The maximum absolute atomic E-state index is 13.8. The molecule has 0 bridgehead atoms. The Labute approximate surface area is 190 Å². The first-order valence-electron chi connectivity index (χ1n) is 10.7. The van der Waals surface area contributed by atoms with Gasteiger partial charge < -0.3 is 5.32 Å². The number of sulfonamides is 1. The van der Waals surface area contributed by atoms with E-state index >= 15 is 0 Å². The quantitative estimate of drug-likeness (QED) is 0.461. The summed E-state index contributed by atoms with van der Waals surface area (Å²) < 4.78 is 82.8. The highest BCUT2D eigenvalue weighted by Crippen LogP contribution is 2.35. The highest BCUT2D eigenvalue weighted by atomic mass is 32.2. The lowest BCUT2D eigenvalue weighted by molar-refractivity contribution is -0.160. The minimum atomic E-state index is -4.90. The van der Waals surface area contributed by atoms with Crippen molar-refractivity contribution < 1.29 is 30.8 Å². The normalized spacial score (nSPS) is 20.5. The molecule has 0 spiro atoms. The monoisotopic (exact) mass is 490 g/mol. The third-order valence-electron chi connectivity index (χ3n) is 5.88. The van der Waals surface area contributed by atoms with E-state index in [1.807, 2.05) is 6.07 Å². The zero-order valence-corrected chi connectivity index (χ0v) is 18.6. The molecule has 3 N–H and O–H groups in total. The standard InChI is InChI=1S/C21H26F4N4O3S/c22-15-8-6-14(7-9-15)18(21(23,24)25)27-17(19(30)28-20(13-26)10-11-20)12-33(31,32)29-16-4-2-1-3-5-16/h6-9,16-18,27,29H,1-5,10-12H2,(H,28,30)/t17?,18-/m1/s1. The Bertz CT molecular complexity index is 982. The fraction of sp³-hybridized carbons (Fsp3) is 0.619. The molecule has 2 atom stereocenters. The molecule has 3 rings (SSSR count). The van der Waals surface area contributed by atoms with Crippen molar-refractivity contribution in [3.05, 3.63) is 35.6 Å². The first-order valence-corrected chi connectivity index (χ1v) is 12.4. The summed E-state index contributed by atoms with van der Waals surface area (Å²) >= 11 is 0. The van der Waals surface area contributed by atoms with Crippen LogP contribution in [0.1, 0.15) is 56.6 Å². The van der Waals surface area contributed by atoms with Crippen LogP contribution in [-0.2, 0) is 14.8 Å². The molecular formula is C21H26F4N4O3S. The molecule has 0 heterocycles. The number of amides is 1. The molecule has 2 aliphatic carbocycles. The average molecular weight is 491 g/mol. The predicted molar refractivity (Wildman–Crippen MR) is 112 cm³/mol. The van der Waals surface area contributed by atoms with Crippen molar-refractivity contribution in [2.75, 3.05) is 5.75 Å². The van der Waals surface area contributed by atoms with Gasteiger partial charge in [0, 0.05) is 6.04 Å². The van der Waals surface area contributed by atoms with E-state index in [0.29, 0.717) is 25.7 Å². The smallest absolute Gasteiger partial charge is 0.336 e. The molecule has 7 nitrogen and oxygen atoms in total. The number of halogens is 4. The van der Waals surface area contributed by atoms with Crippen molar-refractivity contribution in [3.8, 4) is 6.07 Å². The van der Waals surface area contributed by atoms with Crippen molar-refractivity contribution in [2.24, 2.45) is 0 Å².